The third kappa shape index (κ3) is 54.0. The Morgan fingerprint density at radius 1 is 1.00 bits per heavy atom. The Hall–Kier alpha value is -0.330. The van der Waals surface area contributed by atoms with Crippen LogP contribution in [-0.2, 0) is 0 Å². The van der Waals surface area contributed by atoms with Gasteiger partial charge >= 0.3 is 0 Å². The second-order valence-electron chi connectivity index (χ2n) is 2.54. The molecule has 0 rings (SSSR count). The zero-order chi connectivity index (χ0) is 10.4. The molecule has 0 bridgehead atoms. The standard InChI is InChI=1S/C6H13N.C3H8.C2H6/c1-4-5-7-6(2)3;1-3-2;1-2/h4-5H2,1-3H3;3H2,1-2H3;1-2H3. The van der Waals surface area contributed by atoms with E-state index in [-0.39, 0.29) is 0 Å². The van der Waals surface area contributed by atoms with Crippen LogP contribution in [0, 0.1) is 0 Å². The highest BCUT2D eigenvalue weighted by molar-refractivity contribution is 5.78. The van der Waals surface area contributed by atoms with Crippen molar-refractivity contribution in [3.8, 4) is 0 Å². The Morgan fingerprint density at radius 3 is 1.42 bits per heavy atom. The predicted octanol–water partition coefficient (Wildman–Crippen LogP) is 4.32. The van der Waals surface area contributed by atoms with Gasteiger partial charge in [0.15, 0.2) is 0 Å². The highest BCUT2D eigenvalue weighted by Crippen LogP contribution is 1.78. The second-order valence-corrected chi connectivity index (χ2v) is 2.54. The monoisotopic (exact) mass is 173 g/mol. The molecule has 76 valence electrons. The van der Waals surface area contributed by atoms with Crippen LogP contribution in [0.2, 0.25) is 0 Å². The first-order chi connectivity index (χ1) is 5.68. The Balaban J connectivity index is -0.000000137. The van der Waals surface area contributed by atoms with Gasteiger partial charge in [-0.2, -0.15) is 0 Å². The molecular formula is C11H27N. The van der Waals surface area contributed by atoms with Crippen molar-refractivity contribution in [1.29, 1.82) is 0 Å². The molecule has 0 aliphatic carbocycles. The Bertz CT molecular complexity index is 71.1. The molecule has 12 heavy (non-hydrogen) atoms. The summed E-state index contributed by atoms with van der Waals surface area (Å²) in [5.74, 6) is 0. The van der Waals surface area contributed by atoms with E-state index in [0.29, 0.717) is 0 Å². The molecule has 0 fully saturated rings. The zero-order valence-electron chi connectivity index (χ0n) is 10.1. The normalized spacial score (nSPS) is 6.92. The van der Waals surface area contributed by atoms with Gasteiger partial charge < -0.3 is 0 Å². The van der Waals surface area contributed by atoms with Crippen LogP contribution in [0.3, 0.4) is 0 Å². The lowest BCUT2D eigenvalue weighted by molar-refractivity contribution is 0.930. The van der Waals surface area contributed by atoms with E-state index in [0.717, 1.165) is 13.0 Å². The first-order valence-corrected chi connectivity index (χ1v) is 5.16. The van der Waals surface area contributed by atoms with Crippen molar-refractivity contribution in [3.63, 3.8) is 0 Å². The number of aliphatic imine (C=N–C) groups is 1. The van der Waals surface area contributed by atoms with E-state index >= 15 is 0 Å². The van der Waals surface area contributed by atoms with E-state index in [1.165, 1.54) is 12.1 Å². The van der Waals surface area contributed by atoms with Gasteiger partial charge in [-0.1, -0.05) is 41.0 Å². The second kappa shape index (κ2) is 22.4. The molecule has 1 nitrogen and oxygen atoms in total. The Morgan fingerprint density at radius 2 is 1.33 bits per heavy atom. The van der Waals surface area contributed by atoms with E-state index in [1.807, 2.05) is 27.7 Å². The van der Waals surface area contributed by atoms with E-state index < -0.39 is 0 Å². The summed E-state index contributed by atoms with van der Waals surface area (Å²) in [5, 5.41) is 0. The van der Waals surface area contributed by atoms with Crippen LogP contribution in [0.25, 0.3) is 0 Å². The molecule has 0 spiro atoms. The van der Waals surface area contributed by atoms with Crippen LogP contribution in [0.5, 0.6) is 0 Å². The van der Waals surface area contributed by atoms with Crippen molar-refractivity contribution in [2.75, 3.05) is 6.54 Å². The van der Waals surface area contributed by atoms with Gasteiger partial charge in [0.25, 0.3) is 0 Å². The number of hydrogen-bond acceptors (Lipinski definition) is 1. The zero-order valence-corrected chi connectivity index (χ0v) is 10.1. The first-order valence-electron chi connectivity index (χ1n) is 5.16. The summed E-state index contributed by atoms with van der Waals surface area (Å²) < 4.78 is 0. The molecule has 0 atom stereocenters. The number of hydrogen-bond donors (Lipinski definition) is 0. The molecule has 0 N–H and O–H groups in total. The molecule has 0 saturated carbocycles. The summed E-state index contributed by atoms with van der Waals surface area (Å²) in [7, 11) is 0. The lowest BCUT2D eigenvalue weighted by atomic mass is 10.4. The Kier molecular flexibility index (Phi) is 33.0. The summed E-state index contributed by atoms with van der Waals surface area (Å²) in [6.45, 7) is 15.4. The van der Waals surface area contributed by atoms with Gasteiger partial charge in [0.1, 0.15) is 0 Å². The summed E-state index contributed by atoms with van der Waals surface area (Å²) in [6.07, 6.45) is 2.41. The molecule has 1 heteroatoms. The van der Waals surface area contributed by atoms with Gasteiger partial charge in [-0.3, -0.25) is 4.99 Å². The van der Waals surface area contributed by atoms with Crippen LogP contribution >= 0.6 is 0 Å². The van der Waals surface area contributed by atoms with Gasteiger partial charge in [0.2, 0.25) is 0 Å². The molecule has 0 radical (unpaired) electrons. The average Bonchev–Trinajstić information content (AvgIpc) is 2.06. The molecule has 0 aromatic heterocycles. The molecule has 0 amide bonds. The molecule has 0 unspecified atom stereocenters. The number of nitrogens with zero attached hydrogens (tertiary/aromatic N) is 1. The average molecular weight is 173 g/mol. The third-order valence-corrected chi connectivity index (χ3v) is 0.652. The molecule has 0 saturated heterocycles. The number of rotatable bonds is 2. The highest BCUT2D eigenvalue weighted by Gasteiger charge is 1.73. The quantitative estimate of drug-likeness (QED) is 0.551. The molecular weight excluding hydrogens is 146 g/mol. The maximum absolute atomic E-state index is 4.16. The summed E-state index contributed by atoms with van der Waals surface area (Å²) in [4.78, 5) is 4.16. The minimum Gasteiger partial charge on any atom is -0.295 e. The fraction of sp³-hybridized carbons (Fsp3) is 0.909. The van der Waals surface area contributed by atoms with Gasteiger partial charge in [-0.15, -0.1) is 0 Å². The molecule has 0 aromatic rings. The Labute approximate surface area is 79.3 Å². The highest BCUT2D eigenvalue weighted by atomic mass is 14.7. The smallest absolute Gasteiger partial charge is 0.0385 e. The summed E-state index contributed by atoms with van der Waals surface area (Å²) >= 11 is 0. The molecule has 0 aliphatic rings. The summed E-state index contributed by atoms with van der Waals surface area (Å²) in [5.41, 5.74) is 1.18. The van der Waals surface area contributed by atoms with E-state index in [1.54, 1.807) is 0 Å². The molecule has 0 aromatic carbocycles. The fourth-order valence-electron chi connectivity index (χ4n) is 0.335. The maximum atomic E-state index is 4.16. The van der Waals surface area contributed by atoms with Crippen molar-refractivity contribution in [3.05, 3.63) is 0 Å². The van der Waals surface area contributed by atoms with Crippen LogP contribution in [0.4, 0.5) is 0 Å². The molecule has 0 aliphatic heterocycles. The predicted molar refractivity (Wildman–Crippen MR) is 61.3 cm³/mol. The van der Waals surface area contributed by atoms with Crippen LogP contribution in [0.15, 0.2) is 4.99 Å². The maximum Gasteiger partial charge on any atom is 0.0385 e. The van der Waals surface area contributed by atoms with E-state index in [2.05, 4.69) is 25.8 Å². The van der Waals surface area contributed by atoms with Crippen molar-refractivity contribution in [2.45, 2.75) is 61.3 Å². The summed E-state index contributed by atoms with van der Waals surface area (Å²) in [6, 6.07) is 0. The van der Waals surface area contributed by atoms with Crippen molar-refractivity contribution in [2.24, 2.45) is 4.99 Å². The van der Waals surface area contributed by atoms with Crippen LogP contribution in [-0.4, -0.2) is 12.3 Å². The molecule has 0 heterocycles. The lowest BCUT2D eigenvalue weighted by Gasteiger charge is -1.85. The van der Waals surface area contributed by atoms with Crippen LogP contribution in [0.1, 0.15) is 61.3 Å². The van der Waals surface area contributed by atoms with Gasteiger partial charge in [-0.25, -0.2) is 0 Å². The van der Waals surface area contributed by atoms with Crippen molar-refractivity contribution >= 4 is 5.71 Å². The first kappa shape index (κ1) is 17.7. The van der Waals surface area contributed by atoms with Crippen molar-refractivity contribution in [1.82, 2.24) is 0 Å². The van der Waals surface area contributed by atoms with E-state index in [9.17, 15) is 0 Å². The van der Waals surface area contributed by atoms with Gasteiger partial charge in [-0.05, 0) is 20.3 Å². The lowest BCUT2D eigenvalue weighted by Crippen LogP contribution is -1.82. The minimum atomic E-state index is 0.988. The van der Waals surface area contributed by atoms with Crippen molar-refractivity contribution < 1.29 is 0 Å². The van der Waals surface area contributed by atoms with Crippen LogP contribution < -0.4 is 0 Å². The topological polar surface area (TPSA) is 12.4 Å². The van der Waals surface area contributed by atoms with Gasteiger partial charge in [0.05, 0.1) is 0 Å². The third-order valence-electron chi connectivity index (χ3n) is 0.652. The van der Waals surface area contributed by atoms with Gasteiger partial charge in [0, 0.05) is 12.3 Å². The SMILES string of the molecule is CC.CCC.CCCN=C(C)C. The fourth-order valence-corrected chi connectivity index (χ4v) is 0.335. The minimum absolute atomic E-state index is 0.988. The van der Waals surface area contributed by atoms with E-state index in [4.69, 9.17) is 0 Å². The largest absolute Gasteiger partial charge is 0.295 e.